The van der Waals surface area contributed by atoms with Gasteiger partial charge >= 0.3 is 0 Å². The van der Waals surface area contributed by atoms with Crippen LogP contribution in [0.4, 0.5) is 0 Å². The average Bonchev–Trinajstić information content (AvgIpc) is 3.51. The van der Waals surface area contributed by atoms with Gasteiger partial charge in [0.2, 0.25) is 0 Å². The molecule has 1 saturated carbocycles. The van der Waals surface area contributed by atoms with Gasteiger partial charge in [-0.2, -0.15) is 0 Å². The Balaban J connectivity index is 1.65. The summed E-state index contributed by atoms with van der Waals surface area (Å²) in [7, 11) is 2.00. The molecule has 0 radical (unpaired) electrons. The van der Waals surface area contributed by atoms with Crippen LogP contribution in [0.25, 0.3) is 0 Å². The monoisotopic (exact) mass is 382 g/mol. The minimum absolute atomic E-state index is 0.0417. The zero-order valence-corrected chi connectivity index (χ0v) is 16.8. The van der Waals surface area contributed by atoms with Crippen LogP contribution in [0, 0.1) is 12.8 Å². The zero-order chi connectivity index (χ0) is 19.0. The lowest BCUT2D eigenvalue weighted by Crippen LogP contribution is -2.28. The molecule has 2 atom stereocenters. The van der Waals surface area contributed by atoms with Crippen LogP contribution in [-0.4, -0.2) is 19.5 Å². The number of hydrogen-bond acceptors (Lipinski definition) is 2. The first kappa shape index (κ1) is 18.5. The lowest BCUT2D eigenvalue weighted by molar-refractivity contribution is 0.0951. The van der Waals surface area contributed by atoms with E-state index in [1.807, 2.05) is 20.0 Å². The van der Waals surface area contributed by atoms with E-state index in [9.17, 15) is 4.79 Å². The first-order valence-electron chi connectivity index (χ1n) is 9.92. The van der Waals surface area contributed by atoms with Gasteiger partial charge in [-0.1, -0.05) is 29.8 Å². The molecule has 4 heteroatoms. The van der Waals surface area contributed by atoms with Gasteiger partial charge in [-0.15, -0.1) is 0 Å². The normalized spacial score (nSPS) is 21.6. The summed E-state index contributed by atoms with van der Waals surface area (Å²) in [6, 6.07) is 12.9. The van der Waals surface area contributed by atoms with Gasteiger partial charge in [0.05, 0.1) is 0 Å². The van der Waals surface area contributed by atoms with Crippen molar-refractivity contribution in [1.29, 1.82) is 0 Å². The number of carbonyl (C=O) groups excluding carboxylic acids is 1. The van der Waals surface area contributed by atoms with E-state index < -0.39 is 0 Å². The Morgan fingerprint density at radius 2 is 1.89 bits per heavy atom. The molecule has 0 aliphatic heterocycles. The largest absolute Gasteiger partial charge is 0.352 e. The van der Waals surface area contributed by atoms with Gasteiger partial charge in [0.15, 0.2) is 0 Å². The molecule has 0 unspecified atom stereocenters. The molecule has 0 aromatic heterocycles. The van der Waals surface area contributed by atoms with Crippen LogP contribution < -0.4 is 10.6 Å². The van der Waals surface area contributed by atoms with Gasteiger partial charge < -0.3 is 10.6 Å². The second-order valence-corrected chi connectivity index (χ2v) is 8.38. The fraction of sp³-hybridized carbons (Fsp3) is 0.435. The van der Waals surface area contributed by atoms with Crippen molar-refractivity contribution in [2.24, 2.45) is 5.92 Å². The molecule has 1 fully saturated rings. The number of rotatable bonds is 5. The van der Waals surface area contributed by atoms with E-state index >= 15 is 0 Å². The molecule has 142 valence electrons. The van der Waals surface area contributed by atoms with Gasteiger partial charge in [0.1, 0.15) is 0 Å². The number of halogens is 1. The second-order valence-electron chi connectivity index (χ2n) is 7.98. The number of aryl methyl sites for hydroxylation is 1. The summed E-state index contributed by atoms with van der Waals surface area (Å²) in [6.45, 7) is 2.83. The first-order valence-corrected chi connectivity index (χ1v) is 10.3. The molecule has 27 heavy (non-hydrogen) atoms. The van der Waals surface area contributed by atoms with Crippen LogP contribution in [0.5, 0.6) is 0 Å². The van der Waals surface area contributed by atoms with Crippen molar-refractivity contribution in [3.8, 4) is 0 Å². The molecule has 0 saturated heterocycles. The number of amides is 1. The molecule has 0 bridgehead atoms. The predicted octanol–water partition coefficient (Wildman–Crippen LogP) is 4.97. The fourth-order valence-electron chi connectivity index (χ4n) is 4.11. The molecule has 2 N–H and O–H groups in total. The molecule has 2 aromatic rings. The van der Waals surface area contributed by atoms with E-state index in [0.29, 0.717) is 11.8 Å². The van der Waals surface area contributed by atoms with Crippen molar-refractivity contribution >= 4 is 17.5 Å². The molecule has 4 rings (SSSR count). The molecule has 2 aliphatic rings. The summed E-state index contributed by atoms with van der Waals surface area (Å²) < 4.78 is 0. The molecule has 2 aromatic carbocycles. The summed E-state index contributed by atoms with van der Waals surface area (Å²) in [4.78, 5) is 12.5. The molecule has 0 heterocycles. The van der Waals surface area contributed by atoms with Crippen LogP contribution >= 0.6 is 11.6 Å². The second kappa shape index (κ2) is 7.65. The molecular formula is C23H27ClN2O. The van der Waals surface area contributed by atoms with Crippen LogP contribution in [0.3, 0.4) is 0 Å². The van der Waals surface area contributed by atoms with Gasteiger partial charge in [-0.3, -0.25) is 4.79 Å². The molecular weight excluding hydrogens is 356 g/mol. The fourth-order valence-corrected chi connectivity index (χ4v) is 4.30. The standard InChI is InChI=1S/C23H27ClN2O/c1-14-3-6-16(12-21(14)24)18-9-10-22(25-2)20-11-17(7-8-19(18)20)23(27)26-13-15-4-5-15/h3,6-8,11-12,15,18,22,25H,4-5,9-10,13H2,1-2H3,(H,26,27)/t18-,22-/m0/s1. The third-order valence-corrected chi connectivity index (χ3v) is 6.45. The van der Waals surface area contributed by atoms with Crippen LogP contribution in [0.1, 0.15) is 70.3 Å². The summed E-state index contributed by atoms with van der Waals surface area (Å²) in [5, 5.41) is 7.32. The highest BCUT2D eigenvalue weighted by Gasteiger charge is 2.29. The maximum absolute atomic E-state index is 12.5. The van der Waals surface area contributed by atoms with E-state index in [1.165, 1.54) is 29.5 Å². The van der Waals surface area contributed by atoms with E-state index in [2.05, 4.69) is 41.0 Å². The van der Waals surface area contributed by atoms with Gasteiger partial charge in [-0.25, -0.2) is 0 Å². The smallest absolute Gasteiger partial charge is 0.251 e. The number of benzene rings is 2. The molecule has 1 amide bonds. The van der Waals surface area contributed by atoms with Crippen LogP contribution in [0.2, 0.25) is 5.02 Å². The number of fused-ring (bicyclic) bond motifs is 1. The zero-order valence-electron chi connectivity index (χ0n) is 16.0. The highest BCUT2D eigenvalue weighted by molar-refractivity contribution is 6.31. The van der Waals surface area contributed by atoms with Gasteiger partial charge in [0.25, 0.3) is 5.91 Å². The third kappa shape index (κ3) is 3.90. The number of hydrogen-bond donors (Lipinski definition) is 2. The maximum Gasteiger partial charge on any atom is 0.251 e. The average molecular weight is 383 g/mol. The topological polar surface area (TPSA) is 41.1 Å². The molecule has 0 spiro atoms. The predicted molar refractivity (Wildman–Crippen MR) is 111 cm³/mol. The minimum Gasteiger partial charge on any atom is -0.352 e. The lowest BCUT2D eigenvalue weighted by Gasteiger charge is -2.32. The van der Waals surface area contributed by atoms with E-state index in [-0.39, 0.29) is 11.9 Å². The first-order chi connectivity index (χ1) is 13.1. The number of carbonyl (C=O) groups is 1. The summed E-state index contributed by atoms with van der Waals surface area (Å²) in [6.07, 6.45) is 4.61. The molecule has 3 nitrogen and oxygen atoms in total. The third-order valence-electron chi connectivity index (χ3n) is 6.04. The van der Waals surface area contributed by atoms with Crippen molar-refractivity contribution in [2.75, 3.05) is 13.6 Å². The van der Waals surface area contributed by atoms with E-state index in [4.69, 9.17) is 11.6 Å². The Kier molecular flexibility index (Phi) is 5.25. The SMILES string of the molecule is CN[C@H]1CC[C@@H](c2ccc(C)c(Cl)c2)c2ccc(C(=O)NCC3CC3)cc21. The highest BCUT2D eigenvalue weighted by Crippen LogP contribution is 2.42. The minimum atomic E-state index is 0.0417. The summed E-state index contributed by atoms with van der Waals surface area (Å²) in [5.41, 5.74) is 5.67. The van der Waals surface area contributed by atoms with Crippen molar-refractivity contribution in [2.45, 2.75) is 44.6 Å². The van der Waals surface area contributed by atoms with Crippen LogP contribution in [0.15, 0.2) is 36.4 Å². The van der Waals surface area contributed by atoms with E-state index in [1.54, 1.807) is 0 Å². The Labute approximate surface area is 166 Å². The van der Waals surface area contributed by atoms with Crippen molar-refractivity contribution in [3.63, 3.8) is 0 Å². The van der Waals surface area contributed by atoms with Gasteiger partial charge in [-0.05, 0) is 86.0 Å². The van der Waals surface area contributed by atoms with E-state index in [0.717, 1.165) is 35.5 Å². The summed E-state index contributed by atoms with van der Waals surface area (Å²) >= 11 is 6.38. The Bertz CT molecular complexity index is 859. The highest BCUT2D eigenvalue weighted by atomic mass is 35.5. The Morgan fingerprint density at radius 3 is 2.59 bits per heavy atom. The lowest BCUT2D eigenvalue weighted by atomic mass is 9.76. The van der Waals surface area contributed by atoms with Crippen molar-refractivity contribution in [3.05, 3.63) is 69.2 Å². The molecule has 2 aliphatic carbocycles. The maximum atomic E-state index is 12.5. The van der Waals surface area contributed by atoms with Gasteiger partial charge in [0, 0.05) is 29.1 Å². The Hall–Kier alpha value is -1.84. The Morgan fingerprint density at radius 1 is 1.07 bits per heavy atom. The quantitative estimate of drug-likeness (QED) is 0.766. The van der Waals surface area contributed by atoms with Crippen molar-refractivity contribution < 1.29 is 4.79 Å². The van der Waals surface area contributed by atoms with Crippen molar-refractivity contribution in [1.82, 2.24) is 10.6 Å². The summed E-state index contributed by atoms with van der Waals surface area (Å²) in [5.74, 6) is 1.05. The number of nitrogens with one attached hydrogen (secondary N) is 2. The van der Waals surface area contributed by atoms with Crippen LogP contribution in [-0.2, 0) is 0 Å².